The molecule has 0 bridgehead atoms. The minimum absolute atomic E-state index is 0.173. The maximum Gasteiger partial charge on any atom is 0.230 e. The number of benzene rings is 1. The normalized spacial score (nSPS) is 10.2. The maximum atomic E-state index is 11.9. The van der Waals surface area contributed by atoms with E-state index in [0.29, 0.717) is 22.1 Å². The first-order chi connectivity index (χ1) is 9.04. The predicted molar refractivity (Wildman–Crippen MR) is 80.1 cm³/mol. The number of hydrogen-bond donors (Lipinski definition) is 2. The van der Waals surface area contributed by atoms with Gasteiger partial charge in [-0.15, -0.1) is 0 Å². The molecular formula is C13H11BrClN3O. The summed E-state index contributed by atoms with van der Waals surface area (Å²) in [4.78, 5) is 15.9. The zero-order valence-corrected chi connectivity index (χ0v) is 12.2. The molecular weight excluding hydrogens is 330 g/mol. The minimum Gasteiger partial charge on any atom is -0.397 e. The van der Waals surface area contributed by atoms with Crippen LogP contribution in [0.25, 0.3) is 0 Å². The highest BCUT2D eigenvalue weighted by Crippen LogP contribution is 2.25. The number of amides is 1. The van der Waals surface area contributed by atoms with Crippen molar-refractivity contribution in [3.8, 4) is 0 Å². The topological polar surface area (TPSA) is 68.0 Å². The van der Waals surface area contributed by atoms with Crippen molar-refractivity contribution in [1.29, 1.82) is 0 Å². The molecule has 0 radical (unpaired) electrons. The molecule has 2 rings (SSSR count). The molecule has 98 valence electrons. The fraction of sp³-hybridized carbons (Fsp3) is 0.0769. The molecule has 0 fully saturated rings. The Morgan fingerprint density at radius 2 is 2.16 bits per heavy atom. The number of nitrogens with two attached hydrogens (primary N) is 1. The highest BCUT2D eigenvalue weighted by Gasteiger charge is 2.08. The Bertz CT molecular complexity index is 601. The van der Waals surface area contributed by atoms with Crippen molar-refractivity contribution < 1.29 is 4.79 Å². The van der Waals surface area contributed by atoms with Crippen LogP contribution in [0.15, 0.2) is 41.0 Å². The second kappa shape index (κ2) is 6.04. The smallest absolute Gasteiger partial charge is 0.230 e. The first-order valence-electron chi connectivity index (χ1n) is 5.50. The van der Waals surface area contributed by atoms with Crippen molar-refractivity contribution in [2.24, 2.45) is 0 Å². The lowest BCUT2D eigenvalue weighted by molar-refractivity contribution is -0.115. The highest BCUT2D eigenvalue weighted by atomic mass is 79.9. The van der Waals surface area contributed by atoms with Crippen molar-refractivity contribution in [3.63, 3.8) is 0 Å². The Balaban J connectivity index is 2.03. The Morgan fingerprint density at radius 3 is 2.79 bits per heavy atom. The lowest BCUT2D eigenvalue weighted by Gasteiger charge is -2.07. The van der Waals surface area contributed by atoms with Crippen LogP contribution in [-0.2, 0) is 11.2 Å². The Morgan fingerprint density at radius 1 is 1.37 bits per heavy atom. The second-order valence-electron chi connectivity index (χ2n) is 3.93. The summed E-state index contributed by atoms with van der Waals surface area (Å²) < 4.78 is 0.857. The summed E-state index contributed by atoms with van der Waals surface area (Å²) in [5.41, 5.74) is 7.33. The van der Waals surface area contributed by atoms with Crippen molar-refractivity contribution >= 4 is 44.8 Å². The van der Waals surface area contributed by atoms with E-state index in [1.165, 1.54) is 6.20 Å². The van der Waals surface area contributed by atoms with E-state index in [2.05, 4.69) is 26.2 Å². The highest BCUT2D eigenvalue weighted by molar-refractivity contribution is 9.10. The predicted octanol–water partition coefficient (Wildman–Crippen LogP) is 3.26. The number of rotatable bonds is 3. The van der Waals surface area contributed by atoms with Gasteiger partial charge in [-0.3, -0.25) is 9.78 Å². The van der Waals surface area contributed by atoms with E-state index in [4.69, 9.17) is 17.3 Å². The van der Waals surface area contributed by atoms with Gasteiger partial charge >= 0.3 is 0 Å². The number of anilines is 2. The largest absolute Gasteiger partial charge is 0.397 e. The molecule has 0 aliphatic heterocycles. The van der Waals surface area contributed by atoms with Crippen LogP contribution in [-0.4, -0.2) is 10.9 Å². The SMILES string of the molecule is Nc1ccc(CC(=O)Nc2ccc(Br)cc2Cl)nc1. The average molecular weight is 341 g/mol. The zero-order valence-electron chi connectivity index (χ0n) is 9.86. The zero-order chi connectivity index (χ0) is 13.8. The van der Waals surface area contributed by atoms with E-state index in [1.54, 1.807) is 24.3 Å². The molecule has 6 heteroatoms. The molecule has 19 heavy (non-hydrogen) atoms. The number of nitrogen functional groups attached to an aromatic ring is 1. The first-order valence-corrected chi connectivity index (χ1v) is 6.67. The Labute approximate surface area is 124 Å². The second-order valence-corrected chi connectivity index (χ2v) is 5.25. The van der Waals surface area contributed by atoms with Crippen molar-refractivity contribution in [1.82, 2.24) is 4.98 Å². The van der Waals surface area contributed by atoms with Gasteiger partial charge in [-0.1, -0.05) is 27.5 Å². The van der Waals surface area contributed by atoms with Gasteiger partial charge in [0, 0.05) is 10.2 Å². The van der Waals surface area contributed by atoms with Gasteiger partial charge < -0.3 is 11.1 Å². The number of pyridine rings is 1. The number of carbonyl (C=O) groups excluding carboxylic acids is 1. The lowest BCUT2D eigenvalue weighted by Crippen LogP contribution is -2.15. The van der Waals surface area contributed by atoms with Crippen LogP contribution in [0.2, 0.25) is 5.02 Å². The maximum absolute atomic E-state index is 11.9. The number of aromatic nitrogens is 1. The summed E-state index contributed by atoms with van der Waals surface area (Å²) >= 11 is 9.32. The third kappa shape index (κ3) is 3.94. The number of nitrogens with zero attached hydrogens (tertiary/aromatic N) is 1. The van der Waals surface area contributed by atoms with Gasteiger partial charge in [0.15, 0.2) is 0 Å². The van der Waals surface area contributed by atoms with Crippen LogP contribution in [0, 0.1) is 0 Å². The molecule has 1 aromatic heterocycles. The van der Waals surface area contributed by atoms with E-state index in [9.17, 15) is 4.79 Å². The van der Waals surface area contributed by atoms with Crippen molar-refractivity contribution in [2.45, 2.75) is 6.42 Å². The Hall–Kier alpha value is -1.59. The van der Waals surface area contributed by atoms with Crippen molar-refractivity contribution in [3.05, 3.63) is 51.7 Å². The molecule has 4 nitrogen and oxygen atoms in total. The van der Waals surface area contributed by atoms with Gasteiger partial charge in [-0.25, -0.2) is 0 Å². The summed E-state index contributed by atoms with van der Waals surface area (Å²) in [6.07, 6.45) is 1.70. The molecule has 0 atom stereocenters. The summed E-state index contributed by atoms with van der Waals surface area (Å²) in [5.74, 6) is -0.179. The fourth-order valence-corrected chi connectivity index (χ4v) is 2.21. The molecule has 1 amide bonds. The van der Waals surface area contributed by atoms with Crippen LogP contribution in [0.4, 0.5) is 11.4 Å². The summed E-state index contributed by atoms with van der Waals surface area (Å²) in [5, 5.41) is 3.22. The minimum atomic E-state index is -0.179. The number of carbonyl (C=O) groups is 1. The average Bonchev–Trinajstić information content (AvgIpc) is 2.36. The van der Waals surface area contributed by atoms with E-state index >= 15 is 0 Å². The molecule has 0 unspecified atom stereocenters. The van der Waals surface area contributed by atoms with Gasteiger partial charge in [0.25, 0.3) is 0 Å². The number of halogens is 2. The standard InChI is InChI=1S/C13H11BrClN3O/c14-8-1-4-12(11(15)5-8)18-13(19)6-10-3-2-9(16)7-17-10/h1-5,7H,6,16H2,(H,18,19). The molecule has 0 aliphatic rings. The van der Waals surface area contributed by atoms with Crippen LogP contribution in [0.1, 0.15) is 5.69 Å². The van der Waals surface area contributed by atoms with Crippen LogP contribution in [0.5, 0.6) is 0 Å². The summed E-state index contributed by atoms with van der Waals surface area (Å²) in [6, 6.07) is 8.70. The summed E-state index contributed by atoms with van der Waals surface area (Å²) in [7, 11) is 0. The molecule has 3 N–H and O–H groups in total. The van der Waals surface area contributed by atoms with Gasteiger partial charge in [-0.05, 0) is 30.3 Å². The molecule has 0 saturated heterocycles. The van der Waals surface area contributed by atoms with Crippen LogP contribution in [0.3, 0.4) is 0 Å². The summed E-state index contributed by atoms with van der Waals surface area (Å²) in [6.45, 7) is 0. The van der Waals surface area contributed by atoms with Gasteiger partial charge in [-0.2, -0.15) is 0 Å². The van der Waals surface area contributed by atoms with E-state index in [-0.39, 0.29) is 12.3 Å². The van der Waals surface area contributed by atoms with Crippen LogP contribution < -0.4 is 11.1 Å². The number of hydrogen-bond acceptors (Lipinski definition) is 3. The first kappa shape index (κ1) is 13.8. The molecule has 1 heterocycles. The quantitative estimate of drug-likeness (QED) is 0.901. The molecule has 1 aromatic carbocycles. The molecule has 2 aromatic rings. The molecule has 0 aliphatic carbocycles. The Kier molecular flexibility index (Phi) is 4.39. The molecule has 0 saturated carbocycles. The third-order valence-electron chi connectivity index (χ3n) is 2.39. The van der Waals surface area contributed by atoms with Crippen molar-refractivity contribution in [2.75, 3.05) is 11.1 Å². The molecule has 0 spiro atoms. The van der Waals surface area contributed by atoms with Gasteiger partial charge in [0.05, 0.1) is 29.0 Å². The van der Waals surface area contributed by atoms with E-state index in [1.807, 2.05) is 6.07 Å². The van der Waals surface area contributed by atoms with Gasteiger partial charge in [0.1, 0.15) is 0 Å². The third-order valence-corrected chi connectivity index (χ3v) is 3.20. The van der Waals surface area contributed by atoms with Crippen LogP contribution >= 0.6 is 27.5 Å². The van der Waals surface area contributed by atoms with E-state index < -0.39 is 0 Å². The fourth-order valence-electron chi connectivity index (χ4n) is 1.49. The lowest BCUT2D eigenvalue weighted by atomic mass is 10.2. The van der Waals surface area contributed by atoms with Gasteiger partial charge in [0.2, 0.25) is 5.91 Å². The number of nitrogens with one attached hydrogen (secondary N) is 1. The monoisotopic (exact) mass is 339 g/mol. The van der Waals surface area contributed by atoms with E-state index in [0.717, 1.165) is 4.47 Å².